The second-order valence-corrected chi connectivity index (χ2v) is 8.78. The highest BCUT2D eigenvalue weighted by molar-refractivity contribution is 5.79. The lowest BCUT2D eigenvalue weighted by molar-refractivity contribution is -0.134. The third-order valence-corrected chi connectivity index (χ3v) is 6.43. The minimum Gasteiger partial charge on any atom is -0.340 e. The van der Waals surface area contributed by atoms with Gasteiger partial charge in [0.2, 0.25) is 5.91 Å². The van der Waals surface area contributed by atoms with Gasteiger partial charge in [-0.2, -0.15) is 0 Å². The van der Waals surface area contributed by atoms with E-state index in [1.807, 2.05) is 9.47 Å². The Hall–Kier alpha value is -3.33. The number of nitrogens with zero attached hydrogens (tertiary/aromatic N) is 4. The smallest absolute Gasteiger partial charge is 0.237 e. The lowest BCUT2D eigenvalue weighted by Gasteiger charge is -2.33. The van der Waals surface area contributed by atoms with Gasteiger partial charge >= 0.3 is 0 Å². The van der Waals surface area contributed by atoms with E-state index in [2.05, 4.69) is 5.32 Å². The van der Waals surface area contributed by atoms with Crippen molar-refractivity contribution >= 4 is 17.4 Å². The van der Waals surface area contributed by atoms with Crippen LogP contribution in [0.5, 0.6) is 0 Å². The Bertz CT molecular complexity index is 1150. The van der Waals surface area contributed by atoms with E-state index < -0.39 is 6.17 Å². The number of rotatable bonds is 5. The van der Waals surface area contributed by atoms with Gasteiger partial charge in [0.25, 0.3) is 0 Å². The molecule has 1 aromatic heterocycles. The average Bonchev–Trinajstić information content (AvgIpc) is 3.20. The van der Waals surface area contributed by atoms with E-state index in [-0.39, 0.29) is 24.1 Å². The standard InChI is InChI=1S/C25H26F3N5O/c26-18-3-1-17(2-4-18)24-25(29-21-7-5-19(27)6-8-21)33-14-13-32(15-22(33)30-24)23(34)16-31-11-9-20(28)10-12-31/h1-8,20,29H,9-16H2. The van der Waals surface area contributed by atoms with Gasteiger partial charge in [0.1, 0.15) is 35.1 Å². The predicted molar refractivity (Wildman–Crippen MR) is 123 cm³/mol. The Kier molecular flexibility index (Phi) is 6.28. The molecule has 3 heterocycles. The predicted octanol–water partition coefficient (Wildman–Crippen LogP) is 4.35. The molecule has 1 N–H and O–H groups in total. The highest BCUT2D eigenvalue weighted by Crippen LogP contribution is 2.33. The van der Waals surface area contributed by atoms with Crippen molar-refractivity contribution < 1.29 is 18.0 Å². The van der Waals surface area contributed by atoms with Crippen LogP contribution in [0.1, 0.15) is 18.7 Å². The van der Waals surface area contributed by atoms with Gasteiger partial charge in [-0.15, -0.1) is 0 Å². The summed E-state index contributed by atoms with van der Waals surface area (Å²) in [6.07, 6.45) is 0.166. The summed E-state index contributed by atoms with van der Waals surface area (Å²) in [6, 6.07) is 12.1. The van der Waals surface area contributed by atoms with Crippen molar-refractivity contribution in [3.63, 3.8) is 0 Å². The summed E-state index contributed by atoms with van der Waals surface area (Å²) < 4.78 is 42.3. The molecule has 178 valence electrons. The zero-order valence-corrected chi connectivity index (χ0v) is 18.7. The summed E-state index contributed by atoms with van der Waals surface area (Å²) in [7, 11) is 0. The van der Waals surface area contributed by atoms with Crippen molar-refractivity contribution in [1.82, 2.24) is 19.4 Å². The lowest BCUT2D eigenvalue weighted by atomic mass is 10.1. The van der Waals surface area contributed by atoms with Crippen LogP contribution >= 0.6 is 0 Å². The number of amides is 1. The molecule has 0 atom stereocenters. The first kappa shape index (κ1) is 22.5. The monoisotopic (exact) mass is 469 g/mol. The zero-order chi connectivity index (χ0) is 23.7. The first-order valence-electron chi connectivity index (χ1n) is 11.5. The minimum absolute atomic E-state index is 0.00272. The summed E-state index contributed by atoms with van der Waals surface area (Å²) in [5, 5.41) is 3.33. The van der Waals surface area contributed by atoms with Crippen LogP contribution in [0.15, 0.2) is 48.5 Å². The maximum atomic E-state index is 13.5. The van der Waals surface area contributed by atoms with E-state index in [0.29, 0.717) is 68.6 Å². The molecule has 1 amide bonds. The maximum Gasteiger partial charge on any atom is 0.237 e. The number of carbonyl (C=O) groups excluding carboxylic acids is 1. The molecular weight excluding hydrogens is 443 g/mol. The van der Waals surface area contributed by atoms with Crippen LogP contribution in [0.3, 0.4) is 0 Å². The fourth-order valence-electron chi connectivity index (χ4n) is 4.50. The topological polar surface area (TPSA) is 53.4 Å². The number of anilines is 2. The van der Waals surface area contributed by atoms with E-state index in [1.165, 1.54) is 24.3 Å². The minimum atomic E-state index is -0.772. The largest absolute Gasteiger partial charge is 0.340 e. The van der Waals surface area contributed by atoms with E-state index in [0.717, 1.165) is 5.56 Å². The molecule has 2 aromatic carbocycles. The fraction of sp³-hybridized carbons (Fsp3) is 0.360. The Morgan fingerprint density at radius 3 is 2.26 bits per heavy atom. The molecule has 5 rings (SSSR count). The number of hydrogen-bond donors (Lipinski definition) is 1. The molecule has 0 saturated carbocycles. The molecule has 1 fully saturated rings. The summed E-state index contributed by atoms with van der Waals surface area (Å²) >= 11 is 0. The van der Waals surface area contributed by atoms with Gasteiger partial charge in [0, 0.05) is 37.4 Å². The van der Waals surface area contributed by atoms with Crippen molar-refractivity contribution in [2.24, 2.45) is 0 Å². The van der Waals surface area contributed by atoms with Crippen LogP contribution in [0.2, 0.25) is 0 Å². The van der Waals surface area contributed by atoms with Crippen molar-refractivity contribution in [3.05, 3.63) is 66.0 Å². The van der Waals surface area contributed by atoms with Gasteiger partial charge in [-0.3, -0.25) is 9.69 Å². The van der Waals surface area contributed by atoms with Gasteiger partial charge in [0.05, 0.1) is 13.1 Å². The Balaban J connectivity index is 1.39. The Labute approximate surface area is 196 Å². The Morgan fingerprint density at radius 2 is 1.59 bits per heavy atom. The fourth-order valence-corrected chi connectivity index (χ4v) is 4.50. The van der Waals surface area contributed by atoms with E-state index >= 15 is 0 Å². The molecule has 3 aromatic rings. The van der Waals surface area contributed by atoms with Gasteiger partial charge in [-0.25, -0.2) is 18.2 Å². The molecule has 6 nitrogen and oxygen atoms in total. The number of aromatic nitrogens is 2. The lowest BCUT2D eigenvalue weighted by Crippen LogP contribution is -2.46. The number of imidazole rings is 1. The molecule has 2 aliphatic heterocycles. The molecule has 1 saturated heterocycles. The number of fused-ring (bicyclic) bond motifs is 1. The number of hydrogen-bond acceptors (Lipinski definition) is 4. The van der Waals surface area contributed by atoms with Crippen LogP contribution in [0.25, 0.3) is 11.3 Å². The van der Waals surface area contributed by atoms with Crippen LogP contribution in [-0.4, -0.2) is 57.6 Å². The second kappa shape index (κ2) is 9.50. The summed E-state index contributed by atoms with van der Waals surface area (Å²) in [5.74, 6) is 0.762. The number of likely N-dealkylation sites (tertiary alicyclic amines) is 1. The molecule has 0 spiro atoms. The SMILES string of the molecule is O=C(CN1CCC(F)CC1)N1CCn2c(nc(-c3ccc(F)cc3)c2Nc2ccc(F)cc2)C1. The van der Waals surface area contributed by atoms with Crippen molar-refractivity contribution in [2.75, 3.05) is 31.5 Å². The molecule has 0 bridgehead atoms. The molecule has 9 heteroatoms. The number of nitrogens with one attached hydrogen (secondary N) is 1. The number of piperidine rings is 1. The number of alkyl halides is 1. The molecular formula is C25H26F3N5O. The van der Waals surface area contributed by atoms with Crippen LogP contribution in [-0.2, 0) is 17.9 Å². The highest BCUT2D eigenvalue weighted by atomic mass is 19.1. The maximum absolute atomic E-state index is 13.5. The Morgan fingerprint density at radius 1 is 0.941 bits per heavy atom. The van der Waals surface area contributed by atoms with Crippen LogP contribution < -0.4 is 5.32 Å². The summed E-state index contributed by atoms with van der Waals surface area (Å²) in [5.41, 5.74) is 2.07. The third-order valence-electron chi connectivity index (χ3n) is 6.43. The van der Waals surface area contributed by atoms with E-state index in [4.69, 9.17) is 4.98 Å². The van der Waals surface area contributed by atoms with Crippen LogP contribution in [0.4, 0.5) is 24.7 Å². The second-order valence-electron chi connectivity index (χ2n) is 8.78. The van der Waals surface area contributed by atoms with Gasteiger partial charge in [-0.1, -0.05) is 0 Å². The normalized spacial score (nSPS) is 17.0. The molecule has 0 unspecified atom stereocenters. The van der Waals surface area contributed by atoms with Crippen molar-refractivity contribution in [2.45, 2.75) is 32.1 Å². The summed E-state index contributed by atoms with van der Waals surface area (Å²) in [4.78, 5) is 21.5. The molecule has 2 aliphatic rings. The average molecular weight is 470 g/mol. The molecule has 34 heavy (non-hydrogen) atoms. The summed E-state index contributed by atoms with van der Waals surface area (Å²) in [6.45, 7) is 2.86. The van der Waals surface area contributed by atoms with Crippen molar-refractivity contribution in [3.8, 4) is 11.3 Å². The van der Waals surface area contributed by atoms with Crippen molar-refractivity contribution in [1.29, 1.82) is 0 Å². The zero-order valence-electron chi connectivity index (χ0n) is 18.7. The first-order chi connectivity index (χ1) is 16.5. The van der Waals surface area contributed by atoms with E-state index in [9.17, 15) is 18.0 Å². The first-order valence-corrected chi connectivity index (χ1v) is 11.5. The van der Waals surface area contributed by atoms with Gasteiger partial charge < -0.3 is 14.8 Å². The third kappa shape index (κ3) is 4.79. The quantitative estimate of drug-likeness (QED) is 0.604. The van der Waals surface area contributed by atoms with Gasteiger partial charge in [-0.05, 0) is 61.4 Å². The van der Waals surface area contributed by atoms with E-state index in [1.54, 1.807) is 29.2 Å². The molecule has 0 radical (unpaired) electrons. The van der Waals surface area contributed by atoms with Crippen LogP contribution in [0, 0.1) is 11.6 Å². The number of halogens is 3. The number of carbonyl (C=O) groups is 1. The molecule has 0 aliphatic carbocycles. The van der Waals surface area contributed by atoms with Gasteiger partial charge in [0.15, 0.2) is 0 Å². The number of benzene rings is 2. The highest BCUT2D eigenvalue weighted by Gasteiger charge is 2.29.